The molecule has 10 heteroatoms. The first kappa shape index (κ1) is 22.8. The predicted octanol–water partition coefficient (Wildman–Crippen LogP) is 3.88. The summed E-state index contributed by atoms with van der Waals surface area (Å²) in [7, 11) is -0.151. The van der Waals surface area contributed by atoms with Crippen molar-refractivity contribution in [1.82, 2.24) is 9.21 Å². The summed E-state index contributed by atoms with van der Waals surface area (Å²) in [6.07, 6.45) is 2.89. The third-order valence-corrected chi connectivity index (χ3v) is 9.17. The van der Waals surface area contributed by atoms with Crippen molar-refractivity contribution in [2.24, 2.45) is 0 Å². The van der Waals surface area contributed by atoms with Crippen LogP contribution in [0.2, 0.25) is 0 Å². The number of thiophene rings is 1. The molecule has 1 aromatic heterocycles. The fourth-order valence-corrected chi connectivity index (χ4v) is 6.79. The van der Waals surface area contributed by atoms with Gasteiger partial charge in [-0.2, -0.15) is 4.31 Å². The zero-order valence-corrected chi connectivity index (χ0v) is 19.4. The van der Waals surface area contributed by atoms with Crippen molar-refractivity contribution in [3.63, 3.8) is 0 Å². The van der Waals surface area contributed by atoms with Gasteiger partial charge in [0.25, 0.3) is 15.3 Å². The van der Waals surface area contributed by atoms with E-state index < -0.39 is 10.0 Å². The molecule has 3 rings (SSSR count). The van der Waals surface area contributed by atoms with Crippen molar-refractivity contribution >= 4 is 50.0 Å². The fourth-order valence-electron chi connectivity index (χ4n) is 3.02. The number of thioether (sulfide) groups is 1. The van der Waals surface area contributed by atoms with Gasteiger partial charge in [-0.3, -0.25) is 9.59 Å². The van der Waals surface area contributed by atoms with Crippen LogP contribution in [0.15, 0.2) is 45.5 Å². The largest absolute Gasteiger partial charge is 0.339 e. The van der Waals surface area contributed by atoms with Gasteiger partial charge in [-0.25, -0.2) is 8.42 Å². The van der Waals surface area contributed by atoms with Crippen molar-refractivity contribution < 1.29 is 18.0 Å². The molecule has 0 aliphatic carbocycles. The zero-order valence-electron chi connectivity index (χ0n) is 17.0. The maximum atomic E-state index is 12.8. The molecule has 0 unspecified atom stereocenters. The van der Waals surface area contributed by atoms with Gasteiger partial charge in [-0.05, 0) is 48.9 Å². The Morgan fingerprint density at radius 3 is 2.50 bits per heavy atom. The summed E-state index contributed by atoms with van der Waals surface area (Å²) in [5.74, 6) is -0.260. The van der Waals surface area contributed by atoms with E-state index in [0.717, 1.165) is 42.4 Å². The van der Waals surface area contributed by atoms with Gasteiger partial charge in [-0.1, -0.05) is 18.6 Å². The molecule has 30 heavy (non-hydrogen) atoms. The molecule has 0 bridgehead atoms. The van der Waals surface area contributed by atoms with E-state index in [0.29, 0.717) is 28.5 Å². The Labute approximate surface area is 185 Å². The minimum Gasteiger partial charge on any atom is -0.339 e. The molecule has 1 fully saturated rings. The van der Waals surface area contributed by atoms with Gasteiger partial charge in [0.05, 0.1) is 12.1 Å². The van der Waals surface area contributed by atoms with E-state index in [-0.39, 0.29) is 21.8 Å². The highest BCUT2D eigenvalue weighted by molar-refractivity contribution is 8.13. The summed E-state index contributed by atoms with van der Waals surface area (Å²) in [5.41, 5.74) is 0.556. The Balaban J connectivity index is 1.66. The van der Waals surface area contributed by atoms with Crippen LogP contribution in [0.25, 0.3) is 0 Å². The lowest BCUT2D eigenvalue weighted by Gasteiger charge is -2.25. The topological polar surface area (TPSA) is 86.8 Å². The first-order chi connectivity index (χ1) is 14.3. The van der Waals surface area contributed by atoms with E-state index in [4.69, 9.17) is 0 Å². The van der Waals surface area contributed by atoms with E-state index >= 15 is 0 Å². The van der Waals surface area contributed by atoms with Crippen molar-refractivity contribution in [3.8, 4) is 0 Å². The molecule has 0 atom stereocenters. The maximum Gasteiger partial charge on any atom is 0.286 e. The molecule has 1 N–H and O–H groups in total. The molecule has 2 heterocycles. The molecule has 2 aromatic rings. The number of nitrogens with zero attached hydrogens (tertiary/aromatic N) is 2. The van der Waals surface area contributed by atoms with Gasteiger partial charge in [0.1, 0.15) is 4.21 Å². The standard InChI is InChI=1S/C20H25N3O4S3/c1-22(2)20(25)29-17-9-5-4-8-16(17)21-18(24)14-15-10-11-19(28-15)30(26,27)23-12-6-3-7-13-23/h4-5,8-11H,3,6-7,12-14H2,1-2H3,(H,21,24). The van der Waals surface area contributed by atoms with Crippen molar-refractivity contribution in [3.05, 3.63) is 41.3 Å². The molecule has 0 spiro atoms. The highest BCUT2D eigenvalue weighted by Crippen LogP contribution is 2.30. The van der Waals surface area contributed by atoms with Crippen LogP contribution in [0.1, 0.15) is 24.1 Å². The van der Waals surface area contributed by atoms with Crippen LogP contribution >= 0.6 is 23.1 Å². The van der Waals surface area contributed by atoms with Crippen LogP contribution in [0.4, 0.5) is 10.5 Å². The number of hydrogen-bond donors (Lipinski definition) is 1. The molecule has 162 valence electrons. The lowest BCUT2D eigenvalue weighted by molar-refractivity contribution is -0.115. The van der Waals surface area contributed by atoms with E-state index in [9.17, 15) is 18.0 Å². The summed E-state index contributed by atoms with van der Waals surface area (Å²) in [6.45, 7) is 1.10. The second-order valence-corrected chi connectivity index (χ2v) is 11.5. The van der Waals surface area contributed by atoms with Gasteiger partial charge in [0.15, 0.2) is 0 Å². The molecule has 1 saturated heterocycles. The Morgan fingerprint density at radius 1 is 1.10 bits per heavy atom. The number of benzene rings is 1. The van der Waals surface area contributed by atoms with E-state index in [1.54, 1.807) is 50.5 Å². The molecule has 7 nitrogen and oxygen atoms in total. The fraction of sp³-hybridized carbons (Fsp3) is 0.400. The number of nitrogens with one attached hydrogen (secondary N) is 1. The number of rotatable bonds is 6. The smallest absolute Gasteiger partial charge is 0.286 e. The minimum absolute atomic E-state index is 0.0703. The summed E-state index contributed by atoms with van der Waals surface area (Å²) in [5, 5.41) is 2.69. The maximum absolute atomic E-state index is 12.8. The quantitative estimate of drug-likeness (QED) is 0.652. The van der Waals surface area contributed by atoms with Gasteiger partial charge >= 0.3 is 0 Å². The zero-order chi connectivity index (χ0) is 21.7. The first-order valence-corrected chi connectivity index (χ1v) is 12.7. The summed E-state index contributed by atoms with van der Waals surface area (Å²) < 4.78 is 27.4. The number of amides is 2. The van der Waals surface area contributed by atoms with E-state index in [1.165, 1.54) is 9.21 Å². The van der Waals surface area contributed by atoms with Crippen LogP contribution in [0, 0.1) is 0 Å². The lowest BCUT2D eigenvalue weighted by Crippen LogP contribution is -2.35. The molecular formula is C20H25N3O4S3. The SMILES string of the molecule is CN(C)C(=O)Sc1ccccc1NC(=O)Cc1ccc(S(=O)(=O)N2CCCCC2)s1. The number of piperidine rings is 1. The molecule has 1 aromatic carbocycles. The number of para-hydroxylation sites is 1. The van der Waals surface area contributed by atoms with Gasteiger partial charge in [0.2, 0.25) is 5.91 Å². The van der Waals surface area contributed by atoms with Crippen LogP contribution in [-0.4, -0.2) is 56.0 Å². The molecule has 2 amide bonds. The average molecular weight is 468 g/mol. The Kier molecular flexibility index (Phi) is 7.56. The molecule has 1 aliphatic heterocycles. The van der Waals surface area contributed by atoms with Crippen molar-refractivity contribution in [1.29, 1.82) is 0 Å². The number of anilines is 1. The Morgan fingerprint density at radius 2 is 1.80 bits per heavy atom. The van der Waals surface area contributed by atoms with Crippen molar-refractivity contribution in [2.75, 3.05) is 32.5 Å². The highest BCUT2D eigenvalue weighted by Gasteiger charge is 2.27. The second kappa shape index (κ2) is 9.95. The van der Waals surface area contributed by atoms with Crippen LogP contribution in [0.3, 0.4) is 0 Å². The molecule has 1 aliphatic rings. The lowest BCUT2D eigenvalue weighted by atomic mass is 10.2. The van der Waals surface area contributed by atoms with Crippen LogP contribution < -0.4 is 5.32 Å². The van der Waals surface area contributed by atoms with Crippen molar-refractivity contribution in [2.45, 2.75) is 34.8 Å². The second-order valence-electron chi connectivity index (χ2n) is 7.17. The highest BCUT2D eigenvalue weighted by atomic mass is 32.2. The summed E-state index contributed by atoms with van der Waals surface area (Å²) >= 11 is 2.17. The van der Waals surface area contributed by atoms with Gasteiger partial charge in [-0.15, -0.1) is 11.3 Å². The number of carbonyl (C=O) groups is 2. The third-order valence-electron chi connectivity index (χ3n) is 4.60. The van der Waals surface area contributed by atoms with E-state index in [1.807, 2.05) is 0 Å². The molecule has 0 radical (unpaired) electrons. The third kappa shape index (κ3) is 5.63. The molecular weight excluding hydrogens is 442 g/mol. The van der Waals surface area contributed by atoms with Gasteiger partial charge in [0, 0.05) is 37.0 Å². The monoisotopic (exact) mass is 467 g/mol. The van der Waals surface area contributed by atoms with E-state index in [2.05, 4.69) is 5.32 Å². The summed E-state index contributed by atoms with van der Waals surface area (Å²) in [6, 6.07) is 10.4. The number of hydrogen-bond acceptors (Lipinski definition) is 6. The Bertz CT molecular complexity index is 1010. The predicted molar refractivity (Wildman–Crippen MR) is 121 cm³/mol. The minimum atomic E-state index is -3.49. The first-order valence-electron chi connectivity index (χ1n) is 9.64. The normalized spacial score (nSPS) is 15.0. The number of carbonyl (C=O) groups excluding carboxylic acids is 2. The number of sulfonamides is 1. The van der Waals surface area contributed by atoms with Gasteiger partial charge < -0.3 is 10.2 Å². The van der Waals surface area contributed by atoms with Crippen LogP contribution in [0.5, 0.6) is 0 Å². The summed E-state index contributed by atoms with van der Waals surface area (Å²) in [4.78, 5) is 27.3. The van der Waals surface area contributed by atoms with Crippen LogP contribution in [-0.2, 0) is 21.2 Å². The average Bonchev–Trinajstić information content (AvgIpc) is 3.19. The molecule has 0 saturated carbocycles. The Hall–Kier alpha value is -1.88.